The summed E-state index contributed by atoms with van der Waals surface area (Å²) in [5, 5.41) is 5.58. The standard InChI is InChI=1S/C13H19N3/c1-3-4-10(2)9-16-13-7-12(14)6-5-11(13)8-15-16/h5-8,10H,3-4,9,14H2,1-2H3/t10-/m0/s1. The minimum Gasteiger partial charge on any atom is -0.399 e. The Morgan fingerprint density at radius 3 is 3.00 bits per heavy atom. The van der Waals surface area contributed by atoms with Gasteiger partial charge in [-0.3, -0.25) is 4.68 Å². The molecule has 2 rings (SSSR count). The fourth-order valence-corrected chi connectivity index (χ4v) is 2.11. The summed E-state index contributed by atoms with van der Waals surface area (Å²) in [5.74, 6) is 0.662. The van der Waals surface area contributed by atoms with Gasteiger partial charge in [-0.2, -0.15) is 5.10 Å². The van der Waals surface area contributed by atoms with Crippen LogP contribution in [0.25, 0.3) is 10.9 Å². The molecule has 16 heavy (non-hydrogen) atoms. The first-order valence-electron chi connectivity index (χ1n) is 5.91. The van der Waals surface area contributed by atoms with Crippen LogP contribution in [0.1, 0.15) is 26.7 Å². The number of aromatic nitrogens is 2. The quantitative estimate of drug-likeness (QED) is 0.800. The Morgan fingerprint density at radius 1 is 1.44 bits per heavy atom. The van der Waals surface area contributed by atoms with Crippen LogP contribution in [0.3, 0.4) is 0 Å². The van der Waals surface area contributed by atoms with E-state index in [0.717, 1.165) is 23.1 Å². The van der Waals surface area contributed by atoms with Gasteiger partial charge >= 0.3 is 0 Å². The Morgan fingerprint density at radius 2 is 2.25 bits per heavy atom. The van der Waals surface area contributed by atoms with Crippen molar-refractivity contribution in [2.24, 2.45) is 5.92 Å². The minimum atomic E-state index is 0.662. The highest BCUT2D eigenvalue weighted by Crippen LogP contribution is 2.19. The second-order valence-electron chi connectivity index (χ2n) is 4.54. The van der Waals surface area contributed by atoms with Gasteiger partial charge in [0, 0.05) is 17.6 Å². The third kappa shape index (κ3) is 2.18. The van der Waals surface area contributed by atoms with Crippen molar-refractivity contribution in [1.82, 2.24) is 9.78 Å². The van der Waals surface area contributed by atoms with Crippen molar-refractivity contribution in [1.29, 1.82) is 0 Å². The highest BCUT2D eigenvalue weighted by Gasteiger charge is 2.06. The molecule has 0 spiro atoms. The van der Waals surface area contributed by atoms with Crippen LogP contribution in [0.4, 0.5) is 5.69 Å². The van der Waals surface area contributed by atoms with Crippen LogP contribution in [0, 0.1) is 5.92 Å². The lowest BCUT2D eigenvalue weighted by Crippen LogP contribution is -2.08. The summed E-state index contributed by atoms with van der Waals surface area (Å²) >= 11 is 0. The Balaban J connectivity index is 2.27. The molecule has 3 nitrogen and oxygen atoms in total. The van der Waals surface area contributed by atoms with Gasteiger partial charge in [-0.1, -0.05) is 20.3 Å². The van der Waals surface area contributed by atoms with E-state index >= 15 is 0 Å². The van der Waals surface area contributed by atoms with Crippen molar-refractivity contribution in [2.75, 3.05) is 5.73 Å². The van der Waals surface area contributed by atoms with E-state index in [-0.39, 0.29) is 0 Å². The number of rotatable bonds is 4. The molecule has 0 amide bonds. The van der Waals surface area contributed by atoms with Gasteiger partial charge in [0.15, 0.2) is 0 Å². The third-order valence-corrected chi connectivity index (χ3v) is 2.93. The zero-order valence-corrected chi connectivity index (χ0v) is 9.98. The predicted octanol–water partition coefficient (Wildman–Crippen LogP) is 3.05. The summed E-state index contributed by atoms with van der Waals surface area (Å²) in [5.41, 5.74) is 7.75. The first-order chi connectivity index (χ1) is 7.70. The van der Waals surface area contributed by atoms with E-state index in [2.05, 4.69) is 23.6 Å². The molecule has 86 valence electrons. The van der Waals surface area contributed by atoms with E-state index in [1.165, 1.54) is 12.8 Å². The summed E-state index contributed by atoms with van der Waals surface area (Å²) in [6.45, 7) is 5.46. The van der Waals surface area contributed by atoms with Crippen LogP contribution < -0.4 is 5.73 Å². The zero-order chi connectivity index (χ0) is 11.5. The minimum absolute atomic E-state index is 0.662. The summed E-state index contributed by atoms with van der Waals surface area (Å²) in [6.07, 6.45) is 4.37. The van der Waals surface area contributed by atoms with Gasteiger partial charge in [-0.15, -0.1) is 0 Å². The van der Waals surface area contributed by atoms with Crippen LogP contribution in [0.2, 0.25) is 0 Å². The first-order valence-corrected chi connectivity index (χ1v) is 5.91. The maximum atomic E-state index is 5.80. The number of nitrogen functional groups attached to an aromatic ring is 1. The Labute approximate surface area is 96.2 Å². The van der Waals surface area contributed by atoms with Gasteiger partial charge in [0.2, 0.25) is 0 Å². The van der Waals surface area contributed by atoms with Crippen molar-refractivity contribution in [3.63, 3.8) is 0 Å². The first kappa shape index (κ1) is 11.0. The molecule has 1 aromatic carbocycles. The number of hydrogen-bond donors (Lipinski definition) is 1. The summed E-state index contributed by atoms with van der Waals surface area (Å²) in [4.78, 5) is 0. The molecule has 0 aliphatic rings. The number of hydrogen-bond acceptors (Lipinski definition) is 2. The second-order valence-corrected chi connectivity index (χ2v) is 4.54. The molecule has 1 aromatic heterocycles. The monoisotopic (exact) mass is 217 g/mol. The van der Waals surface area contributed by atoms with Crippen molar-refractivity contribution in [3.8, 4) is 0 Å². The molecule has 2 N–H and O–H groups in total. The van der Waals surface area contributed by atoms with Gasteiger partial charge < -0.3 is 5.73 Å². The number of nitrogens with zero attached hydrogens (tertiary/aromatic N) is 2. The lowest BCUT2D eigenvalue weighted by Gasteiger charge is -2.11. The molecule has 0 fully saturated rings. The van der Waals surface area contributed by atoms with E-state index in [1.807, 2.05) is 24.4 Å². The fraction of sp³-hybridized carbons (Fsp3) is 0.462. The molecule has 1 heterocycles. The average molecular weight is 217 g/mol. The predicted molar refractivity (Wildman–Crippen MR) is 68.2 cm³/mol. The largest absolute Gasteiger partial charge is 0.399 e. The van der Waals surface area contributed by atoms with Crippen LogP contribution in [-0.2, 0) is 6.54 Å². The molecule has 0 aliphatic carbocycles. The van der Waals surface area contributed by atoms with Gasteiger partial charge in [-0.05, 0) is 30.5 Å². The number of benzene rings is 1. The lowest BCUT2D eigenvalue weighted by atomic mass is 10.1. The summed E-state index contributed by atoms with van der Waals surface area (Å²) < 4.78 is 2.06. The van der Waals surface area contributed by atoms with Crippen molar-refractivity contribution < 1.29 is 0 Å². The molecule has 0 aliphatic heterocycles. The van der Waals surface area contributed by atoms with Crippen molar-refractivity contribution >= 4 is 16.6 Å². The fourth-order valence-electron chi connectivity index (χ4n) is 2.11. The second kappa shape index (κ2) is 4.56. The highest BCUT2D eigenvalue weighted by molar-refractivity contribution is 5.81. The van der Waals surface area contributed by atoms with E-state index < -0.39 is 0 Å². The molecule has 0 saturated carbocycles. The number of fused-ring (bicyclic) bond motifs is 1. The third-order valence-electron chi connectivity index (χ3n) is 2.93. The van der Waals surface area contributed by atoms with E-state index in [0.29, 0.717) is 5.92 Å². The Kier molecular flexibility index (Phi) is 3.13. The van der Waals surface area contributed by atoms with Crippen LogP contribution in [0.5, 0.6) is 0 Å². The number of anilines is 1. The van der Waals surface area contributed by atoms with Crippen LogP contribution in [-0.4, -0.2) is 9.78 Å². The molecule has 0 bridgehead atoms. The molecule has 2 aromatic rings. The van der Waals surface area contributed by atoms with Crippen molar-refractivity contribution in [2.45, 2.75) is 33.2 Å². The molecular weight excluding hydrogens is 198 g/mol. The average Bonchev–Trinajstić information content (AvgIpc) is 2.61. The summed E-state index contributed by atoms with van der Waals surface area (Å²) in [7, 11) is 0. The van der Waals surface area contributed by atoms with Crippen LogP contribution in [0.15, 0.2) is 24.4 Å². The normalized spacial score (nSPS) is 13.1. The van der Waals surface area contributed by atoms with Gasteiger partial charge in [0.05, 0.1) is 11.7 Å². The summed E-state index contributed by atoms with van der Waals surface area (Å²) in [6, 6.07) is 5.95. The molecular formula is C13H19N3. The molecule has 3 heteroatoms. The molecule has 0 saturated heterocycles. The van der Waals surface area contributed by atoms with Crippen molar-refractivity contribution in [3.05, 3.63) is 24.4 Å². The van der Waals surface area contributed by atoms with E-state index in [1.54, 1.807) is 0 Å². The molecule has 0 unspecified atom stereocenters. The Bertz CT molecular complexity index is 473. The van der Waals surface area contributed by atoms with Crippen LogP contribution >= 0.6 is 0 Å². The van der Waals surface area contributed by atoms with Gasteiger partial charge in [-0.25, -0.2) is 0 Å². The molecule has 1 atom stereocenters. The van der Waals surface area contributed by atoms with Gasteiger partial charge in [0.1, 0.15) is 0 Å². The van der Waals surface area contributed by atoms with E-state index in [9.17, 15) is 0 Å². The lowest BCUT2D eigenvalue weighted by molar-refractivity contribution is 0.428. The smallest absolute Gasteiger partial charge is 0.0702 e. The maximum Gasteiger partial charge on any atom is 0.0702 e. The van der Waals surface area contributed by atoms with Gasteiger partial charge in [0.25, 0.3) is 0 Å². The zero-order valence-electron chi connectivity index (χ0n) is 9.98. The molecule has 0 radical (unpaired) electrons. The maximum absolute atomic E-state index is 5.80. The van der Waals surface area contributed by atoms with E-state index in [4.69, 9.17) is 5.73 Å². The Hall–Kier alpha value is -1.51. The highest BCUT2D eigenvalue weighted by atomic mass is 15.3. The topological polar surface area (TPSA) is 43.8 Å². The number of nitrogens with two attached hydrogens (primary N) is 1. The SMILES string of the molecule is CCC[C@H](C)Cn1ncc2ccc(N)cc21.